The Labute approximate surface area is 137 Å². The van der Waals surface area contributed by atoms with Crippen LogP contribution in [0, 0.1) is 0 Å². The van der Waals surface area contributed by atoms with Gasteiger partial charge in [0.05, 0.1) is 10.9 Å². The molecular formula is C17H13ClN2O3. The Kier molecular flexibility index (Phi) is 4.04. The normalized spacial score (nSPS) is 10.7. The van der Waals surface area contributed by atoms with E-state index in [4.69, 9.17) is 11.6 Å². The Morgan fingerprint density at radius 1 is 1.13 bits per heavy atom. The van der Waals surface area contributed by atoms with Gasteiger partial charge in [0, 0.05) is 17.8 Å². The van der Waals surface area contributed by atoms with E-state index in [0.717, 1.165) is 5.56 Å². The average molecular weight is 329 g/mol. The highest BCUT2D eigenvalue weighted by atomic mass is 35.5. The van der Waals surface area contributed by atoms with Crippen molar-refractivity contribution in [1.82, 2.24) is 10.3 Å². The maximum atomic E-state index is 12.2. The summed E-state index contributed by atoms with van der Waals surface area (Å²) >= 11 is 5.81. The lowest BCUT2D eigenvalue weighted by Crippen LogP contribution is -2.23. The van der Waals surface area contributed by atoms with Crippen molar-refractivity contribution in [2.45, 2.75) is 6.54 Å². The Morgan fingerprint density at radius 2 is 1.87 bits per heavy atom. The molecule has 0 aliphatic carbocycles. The van der Waals surface area contributed by atoms with Crippen LogP contribution in [-0.4, -0.2) is 21.1 Å². The van der Waals surface area contributed by atoms with E-state index in [-0.39, 0.29) is 29.0 Å². The van der Waals surface area contributed by atoms with E-state index in [1.54, 1.807) is 36.4 Å². The molecule has 1 amide bonds. The van der Waals surface area contributed by atoms with Gasteiger partial charge in [0.2, 0.25) is 0 Å². The smallest absolute Gasteiger partial charge is 0.256 e. The van der Waals surface area contributed by atoms with Crippen molar-refractivity contribution in [1.29, 1.82) is 0 Å². The van der Waals surface area contributed by atoms with Gasteiger partial charge in [0.1, 0.15) is 17.1 Å². The number of carbonyl (C=O) groups excluding carboxylic acids is 1. The minimum absolute atomic E-state index is 0.00737. The predicted octanol–water partition coefficient (Wildman–Crippen LogP) is 3.23. The Morgan fingerprint density at radius 3 is 2.61 bits per heavy atom. The second-order valence-corrected chi connectivity index (χ2v) is 5.44. The number of phenols is 1. The number of phenolic OH excluding ortho intramolecular Hbond substituents is 1. The Bertz CT molecular complexity index is 879. The van der Waals surface area contributed by atoms with Crippen molar-refractivity contribution in [2.75, 3.05) is 0 Å². The summed E-state index contributed by atoms with van der Waals surface area (Å²) in [4.78, 5) is 16.3. The van der Waals surface area contributed by atoms with Crippen LogP contribution in [0.5, 0.6) is 11.5 Å². The lowest BCUT2D eigenvalue weighted by molar-refractivity contribution is 0.0948. The van der Waals surface area contributed by atoms with Gasteiger partial charge in [-0.25, -0.2) is 0 Å². The topological polar surface area (TPSA) is 82.5 Å². The number of benzene rings is 2. The molecule has 1 aromatic heterocycles. The van der Waals surface area contributed by atoms with E-state index in [1.165, 1.54) is 12.3 Å². The summed E-state index contributed by atoms with van der Waals surface area (Å²) in [6.45, 7) is 0.286. The standard InChI is InChI=1S/C17H13ClN2O3/c18-11-6-4-10(5-7-11)8-20-17(23)12-9-19-13-2-1-3-14(21)15(13)16(12)22/h1-7,9,21H,8H2,(H,19,22)(H,20,23). The van der Waals surface area contributed by atoms with E-state index in [2.05, 4.69) is 10.3 Å². The van der Waals surface area contributed by atoms with E-state index in [0.29, 0.717) is 10.5 Å². The highest BCUT2D eigenvalue weighted by molar-refractivity contribution is 6.30. The molecule has 0 saturated carbocycles. The summed E-state index contributed by atoms with van der Waals surface area (Å²) in [5, 5.41) is 23.6. The Balaban J connectivity index is 1.85. The van der Waals surface area contributed by atoms with Gasteiger partial charge in [0.25, 0.3) is 5.91 Å². The van der Waals surface area contributed by atoms with Crippen molar-refractivity contribution in [3.05, 3.63) is 64.8 Å². The number of fused-ring (bicyclic) bond motifs is 1. The lowest BCUT2D eigenvalue weighted by atomic mass is 10.1. The summed E-state index contributed by atoms with van der Waals surface area (Å²) < 4.78 is 0. The van der Waals surface area contributed by atoms with Gasteiger partial charge in [-0.2, -0.15) is 0 Å². The van der Waals surface area contributed by atoms with E-state index in [9.17, 15) is 15.0 Å². The van der Waals surface area contributed by atoms with Gasteiger partial charge in [0.15, 0.2) is 0 Å². The van der Waals surface area contributed by atoms with E-state index >= 15 is 0 Å². The molecule has 0 bridgehead atoms. The molecule has 23 heavy (non-hydrogen) atoms. The maximum absolute atomic E-state index is 12.2. The van der Waals surface area contributed by atoms with Crippen LogP contribution in [0.1, 0.15) is 15.9 Å². The molecule has 3 aromatic rings. The molecule has 0 aliphatic rings. The third-order valence-corrected chi connectivity index (χ3v) is 3.71. The van der Waals surface area contributed by atoms with Gasteiger partial charge < -0.3 is 15.5 Å². The van der Waals surface area contributed by atoms with Crippen molar-refractivity contribution < 1.29 is 15.0 Å². The first-order chi connectivity index (χ1) is 11.1. The first kappa shape index (κ1) is 15.1. The molecule has 0 radical (unpaired) electrons. The maximum Gasteiger partial charge on any atom is 0.256 e. The molecule has 0 atom stereocenters. The van der Waals surface area contributed by atoms with Crippen LogP contribution >= 0.6 is 11.6 Å². The molecule has 0 aliphatic heterocycles. The molecule has 6 heteroatoms. The minimum Gasteiger partial charge on any atom is -0.507 e. The molecule has 3 rings (SSSR count). The largest absolute Gasteiger partial charge is 0.507 e. The van der Waals surface area contributed by atoms with Crippen molar-refractivity contribution in [3.63, 3.8) is 0 Å². The number of carbonyl (C=O) groups is 1. The van der Waals surface area contributed by atoms with Crippen LogP contribution in [0.25, 0.3) is 10.9 Å². The summed E-state index contributed by atoms with van der Waals surface area (Å²) in [6.07, 6.45) is 1.29. The van der Waals surface area contributed by atoms with E-state index in [1.807, 2.05) is 0 Å². The number of halogens is 1. The van der Waals surface area contributed by atoms with Gasteiger partial charge in [-0.05, 0) is 29.8 Å². The number of aromatic hydroxyl groups is 2. The predicted molar refractivity (Wildman–Crippen MR) is 87.7 cm³/mol. The van der Waals surface area contributed by atoms with Gasteiger partial charge in [-0.15, -0.1) is 0 Å². The van der Waals surface area contributed by atoms with Crippen molar-refractivity contribution in [2.24, 2.45) is 0 Å². The molecule has 3 N–H and O–H groups in total. The zero-order valence-electron chi connectivity index (χ0n) is 12.0. The second kappa shape index (κ2) is 6.14. The fourth-order valence-corrected chi connectivity index (χ4v) is 2.38. The first-order valence-electron chi connectivity index (χ1n) is 6.88. The molecule has 0 spiro atoms. The number of nitrogens with one attached hydrogen (secondary N) is 1. The molecule has 1 heterocycles. The molecule has 116 valence electrons. The number of amides is 1. The number of nitrogens with zero attached hydrogens (tertiary/aromatic N) is 1. The second-order valence-electron chi connectivity index (χ2n) is 5.00. The summed E-state index contributed by atoms with van der Waals surface area (Å²) in [7, 11) is 0. The molecular weight excluding hydrogens is 316 g/mol. The zero-order chi connectivity index (χ0) is 16.4. The lowest BCUT2D eigenvalue weighted by Gasteiger charge is -2.09. The van der Waals surface area contributed by atoms with Crippen LogP contribution in [0.3, 0.4) is 0 Å². The fraction of sp³-hybridized carbons (Fsp3) is 0.0588. The summed E-state index contributed by atoms with van der Waals surface area (Å²) in [5.74, 6) is -0.892. The molecule has 0 unspecified atom stereocenters. The molecule has 0 fully saturated rings. The van der Waals surface area contributed by atoms with Crippen LogP contribution in [0.15, 0.2) is 48.7 Å². The quantitative estimate of drug-likeness (QED) is 0.689. The number of hydrogen-bond donors (Lipinski definition) is 3. The monoisotopic (exact) mass is 328 g/mol. The Hall–Kier alpha value is -2.79. The molecule has 5 nitrogen and oxygen atoms in total. The highest BCUT2D eigenvalue weighted by Gasteiger charge is 2.16. The summed E-state index contributed by atoms with van der Waals surface area (Å²) in [6, 6.07) is 11.7. The van der Waals surface area contributed by atoms with Crippen molar-refractivity contribution >= 4 is 28.4 Å². The number of hydrogen-bond acceptors (Lipinski definition) is 4. The van der Waals surface area contributed by atoms with Gasteiger partial charge >= 0.3 is 0 Å². The zero-order valence-corrected chi connectivity index (χ0v) is 12.7. The number of rotatable bonds is 3. The molecule has 0 saturated heterocycles. The van der Waals surface area contributed by atoms with Crippen LogP contribution in [0.4, 0.5) is 0 Å². The fourth-order valence-electron chi connectivity index (χ4n) is 2.25. The van der Waals surface area contributed by atoms with Gasteiger partial charge in [-0.1, -0.05) is 29.8 Å². The SMILES string of the molecule is O=C(NCc1ccc(Cl)cc1)c1cnc2cccc(O)c2c1O. The number of aromatic nitrogens is 1. The molecule has 2 aromatic carbocycles. The highest BCUT2D eigenvalue weighted by Crippen LogP contribution is 2.33. The minimum atomic E-state index is -0.477. The third kappa shape index (κ3) is 3.05. The summed E-state index contributed by atoms with van der Waals surface area (Å²) in [5.41, 5.74) is 1.29. The number of pyridine rings is 1. The third-order valence-electron chi connectivity index (χ3n) is 3.46. The van der Waals surface area contributed by atoms with Crippen molar-refractivity contribution in [3.8, 4) is 11.5 Å². The van der Waals surface area contributed by atoms with Crippen LogP contribution in [-0.2, 0) is 6.54 Å². The van der Waals surface area contributed by atoms with E-state index < -0.39 is 5.91 Å². The van der Waals surface area contributed by atoms with Crippen LogP contribution in [0.2, 0.25) is 5.02 Å². The average Bonchev–Trinajstić information content (AvgIpc) is 2.54. The van der Waals surface area contributed by atoms with Gasteiger partial charge in [-0.3, -0.25) is 9.78 Å². The first-order valence-corrected chi connectivity index (χ1v) is 7.26. The van der Waals surface area contributed by atoms with Crippen LogP contribution < -0.4 is 5.32 Å².